The first-order chi connectivity index (χ1) is 18.8. The van der Waals surface area contributed by atoms with Crippen molar-refractivity contribution in [1.29, 1.82) is 5.26 Å². The number of hydrogen-bond donors (Lipinski definition) is 4. The van der Waals surface area contributed by atoms with Crippen LogP contribution in [0.25, 0.3) is 10.9 Å². The van der Waals surface area contributed by atoms with Crippen molar-refractivity contribution in [3.63, 3.8) is 0 Å². The predicted octanol–water partition coefficient (Wildman–Crippen LogP) is 3.05. The zero-order valence-corrected chi connectivity index (χ0v) is 22.0. The summed E-state index contributed by atoms with van der Waals surface area (Å²) in [6.45, 7) is 2.84. The van der Waals surface area contributed by atoms with E-state index in [9.17, 15) is 38.2 Å². The third-order valence-electron chi connectivity index (χ3n) is 7.83. The molecule has 1 fully saturated rings. The number of fused-ring (bicyclic) bond motifs is 3. The number of carbonyl (C=O) groups is 2. The summed E-state index contributed by atoms with van der Waals surface area (Å²) in [6.07, 6.45) is -1.77. The Labute approximate surface area is 227 Å². The number of likely N-dealkylation sites (tertiary alicyclic amines) is 1. The van der Waals surface area contributed by atoms with E-state index in [1.165, 1.54) is 30.7 Å². The van der Waals surface area contributed by atoms with Gasteiger partial charge in [0.1, 0.15) is 18.1 Å². The van der Waals surface area contributed by atoms with Gasteiger partial charge in [-0.25, -0.2) is 13.2 Å². The molecule has 2 aliphatic heterocycles. The van der Waals surface area contributed by atoms with Crippen molar-refractivity contribution in [2.75, 3.05) is 18.9 Å². The SMILES string of the molecule is CN(C(O)c1cc2c(F)cc(F)c(F)c2[nH]1)[C@@H](CC(C)(C)O)C(=O)N1C[C@]2(C[C@H]1C#N)C(=O)Nc1ccccc12. The first kappa shape index (κ1) is 27.6. The fraction of sp³-hybridized carbons (Fsp3) is 0.393. The minimum atomic E-state index is -1.64. The van der Waals surface area contributed by atoms with Crippen molar-refractivity contribution in [2.24, 2.45) is 0 Å². The molecule has 0 saturated carbocycles. The molecule has 40 heavy (non-hydrogen) atoms. The van der Waals surface area contributed by atoms with E-state index in [2.05, 4.69) is 16.4 Å². The van der Waals surface area contributed by atoms with E-state index in [0.717, 1.165) is 6.07 Å². The summed E-state index contributed by atoms with van der Waals surface area (Å²) >= 11 is 0. The van der Waals surface area contributed by atoms with Gasteiger partial charge in [-0.05, 0) is 38.6 Å². The molecule has 12 heteroatoms. The third kappa shape index (κ3) is 4.40. The van der Waals surface area contributed by atoms with Crippen molar-refractivity contribution in [3.8, 4) is 6.07 Å². The maximum Gasteiger partial charge on any atom is 0.241 e. The summed E-state index contributed by atoms with van der Waals surface area (Å²) in [4.78, 5) is 32.1. The normalized spacial score (nSPS) is 22.1. The zero-order valence-electron chi connectivity index (χ0n) is 22.0. The molecule has 1 aromatic heterocycles. The number of nitriles is 1. The van der Waals surface area contributed by atoms with Crippen LogP contribution in [0.15, 0.2) is 36.4 Å². The van der Waals surface area contributed by atoms with E-state index >= 15 is 0 Å². The number of H-pyrrole nitrogens is 1. The molecule has 0 aliphatic carbocycles. The number of hydrogen-bond acceptors (Lipinski definition) is 6. The van der Waals surface area contributed by atoms with Crippen LogP contribution < -0.4 is 5.32 Å². The first-order valence-electron chi connectivity index (χ1n) is 12.7. The summed E-state index contributed by atoms with van der Waals surface area (Å²) < 4.78 is 42.4. The van der Waals surface area contributed by atoms with Crippen molar-refractivity contribution in [2.45, 2.75) is 56.0 Å². The highest BCUT2D eigenvalue weighted by atomic mass is 19.2. The van der Waals surface area contributed by atoms with Crippen LogP contribution >= 0.6 is 0 Å². The number of anilines is 1. The molecule has 1 spiro atoms. The highest BCUT2D eigenvalue weighted by Crippen LogP contribution is 2.46. The standard InChI is InChI=1S/C28H28F3N5O4/c1-27(2,40)11-21(35(3)24(37)20-8-15-17(29)9-18(30)22(31)23(15)33-20)25(38)36-13-28(10-14(36)12-32)16-6-4-5-7-19(16)34-26(28)39/h4-9,14,21,24,33,37,40H,10-11,13H2,1-3H3,(H,34,39)/t14-,21-,24?,28-/m0/s1. The minimum absolute atomic E-state index is 0.0612. The average molecular weight is 556 g/mol. The number of aliphatic hydroxyl groups is 2. The number of nitrogens with one attached hydrogen (secondary N) is 2. The number of amides is 2. The van der Waals surface area contributed by atoms with Crippen LogP contribution in [0.2, 0.25) is 0 Å². The quantitative estimate of drug-likeness (QED) is 0.273. The van der Waals surface area contributed by atoms with Gasteiger partial charge in [0.15, 0.2) is 11.6 Å². The van der Waals surface area contributed by atoms with Gasteiger partial charge in [-0.3, -0.25) is 14.5 Å². The van der Waals surface area contributed by atoms with Crippen LogP contribution in [0.1, 0.15) is 44.2 Å². The lowest BCUT2D eigenvalue weighted by Gasteiger charge is -2.37. The smallest absolute Gasteiger partial charge is 0.241 e. The summed E-state index contributed by atoms with van der Waals surface area (Å²) in [5.74, 6) is -4.71. The number of aliphatic hydroxyl groups excluding tert-OH is 1. The summed E-state index contributed by atoms with van der Waals surface area (Å²) in [5, 5.41) is 34.3. The Morgan fingerprint density at radius 3 is 2.65 bits per heavy atom. The van der Waals surface area contributed by atoms with Crippen molar-refractivity contribution in [1.82, 2.24) is 14.8 Å². The lowest BCUT2D eigenvalue weighted by Crippen LogP contribution is -2.53. The molecule has 5 rings (SSSR count). The number of likely N-dealkylation sites (N-methyl/N-ethyl adjacent to an activating group) is 1. The Kier molecular flexibility index (Phi) is 6.65. The van der Waals surface area contributed by atoms with Gasteiger partial charge < -0.3 is 25.4 Å². The molecule has 2 aromatic carbocycles. The van der Waals surface area contributed by atoms with Crippen LogP contribution in [-0.4, -0.2) is 68.1 Å². The van der Waals surface area contributed by atoms with Gasteiger partial charge >= 0.3 is 0 Å². The van der Waals surface area contributed by atoms with Crippen LogP contribution in [0, 0.1) is 28.8 Å². The second-order valence-electron chi connectivity index (χ2n) is 11.1. The lowest BCUT2D eigenvalue weighted by molar-refractivity contribution is -0.144. The molecular formula is C28H28F3N5O4. The topological polar surface area (TPSA) is 133 Å². The Balaban J connectivity index is 1.49. The molecular weight excluding hydrogens is 527 g/mol. The number of halogens is 3. The maximum atomic E-state index is 14.3. The molecule has 2 aliphatic rings. The van der Waals surface area contributed by atoms with E-state index in [4.69, 9.17) is 0 Å². The highest BCUT2D eigenvalue weighted by Gasteiger charge is 2.57. The molecule has 9 nitrogen and oxygen atoms in total. The van der Waals surface area contributed by atoms with Gasteiger partial charge in [-0.2, -0.15) is 5.26 Å². The number of rotatable bonds is 6. The van der Waals surface area contributed by atoms with Crippen LogP contribution in [-0.2, 0) is 15.0 Å². The molecule has 210 valence electrons. The zero-order chi connectivity index (χ0) is 29.1. The number of nitrogens with zero attached hydrogens (tertiary/aromatic N) is 3. The van der Waals surface area contributed by atoms with Gasteiger partial charge in [0, 0.05) is 36.5 Å². The number of aromatic nitrogens is 1. The molecule has 0 bridgehead atoms. The molecule has 4 atom stereocenters. The van der Waals surface area contributed by atoms with Gasteiger partial charge in [-0.15, -0.1) is 0 Å². The number of carbonyl (C=O) groups excluding carboxylic acids is 2. The molecule has 3 heterocycles. The van der Waals surface area contributed by atoms with Gasteiger partial charge in [0.25, 0.3) is 0 Å². The third-order valence-corrected chi connectivity index (χ3v) is 7.83. The summed E-state index contributed by atoms with van der Waals surface area (Å²) in [6, 6.07) is 8.48. The Morgan fingerprint density at radius 2 is 1.98 bits per heavy atom. The summed E-state index contributed by atoms with van der Waals surface area (Å²) in [7, 11) is 1.38. The Bertz CT molecular complexity index is 1560. The lowest BCUT2D eigenvalue weighted by atomic mass is 9.80. The summed E-state index contributed by atoms with van der Waals surface area (Å²) in [5.41, 5.74) is -1.87. The number of para-hydroxylation sites is 1. The maximum absolute atomic E-state index is 14.3. The molecule has 1 unspecified atom stereocenters. The fourth-order valence-corrected chi connectivity index (χ4v) is 5.79. The molecule has 1 saturated heterocycles. The minimum Gasteiger partial charge on any atom is -0.390 e. The first-order valence-corrected chi connectivity index (χ1v) is 12.7. The van der Waals surface area contributed by atoms with Crippen LogP contribution in [0.4, 0.5) is 18.9 Å². The van der Waals surface area contributed by atoms with Crippen LogP contribution in [0.5, 0.6) is 0 Å². The number of benzene rings is 2. The molecule has 2 amide bonds. The van der Waals surface area contributed by atoms with Crippen molar-refractivity contribution < 1.29 is 33.0 Å². The second-order valence-corrected chi connectivity index (χ2v) is 11.1. The van der Waals surface area contributed by atoms with Gasteiger partial charge in [0.2, 0.25) is 11.8 Å². The van der Waals surface area contributed by atoms with Crippen molar-refractivity contribution >= 4 is 28.4 Å². The van der Waals surface area contributed by atoms with Crippen LogP contribution in [0.3, 0.4) is 0 Å². The average Bonchev–Trinajstić information content (AvgIpc) is 3.59. The fourth-order valence-electron chi connectivity index (χ4n) is 5.79. The highest BCUT2D eigenvalue weighted by molar-refractivity contribution is 6.07. The van der Waals surface area contributed by atoms with E-state index in [-0.39, 0.29) is 36.4 Å². The van der Waals surface area contributed by atoms with E-state index in [1.54, 1.807) is 24.3 Å². The van der Waals surface area contributed by atoms with Gasteiger partial charge in [-0.1, -0.05) is 18.2 Å². The molecule has 4 N–H and O–H groups in total. The second kappa shape index (κ2) is 9.62. The Morgan fingerprint density at radius 1 is 1.27 bits per heavy atom. The van der Waals surface area contributed by atoms with E-state index in [1.807, 2.05) is 0 Å². The van der Waals surface area contributed by atoms with E-state index < -0.39 is 58.2 Å². The van der Waals surface area contributed by atoms with Crippen molar-refractivity contribution in [3.05, 3.63) is 65.1 Å². The van der Waals surface area contributed by atoms with Gasteiger partial charge in [0.05, 0.1) is 34.3 Å². The molecule has 3 aromatic rings. The predicted molar refractivity (Wildman–Crippen MR) is 138 cm³/mol. The Hall–Kier alpha value is -3.92. The molecule has 0 radical (unpaired) electrons. The number of aromatic amines is 1. The monoisotopic (exact) mass is 555 g/mol. The van der Waals surface area contributed by atoms with E-state index in [0.29, 0.717) is 17.3 Å². The largest absolute Gasteiger partial charge is 0.390 e.